The number of rotatable bonds is 4. The van der Waals surface area contributed by atoms with Crippen molar-refractivity contribution in [1.82, 2.24) is 20.5 Å². The molecule has 158 valence electrons. The number of thiazole rings is 1. The Hall–Kier alpha value is -1.11. The number of nitrogens with zero attached hydrogens (tertiary/aromatic N) is 3. The predicted molar refractivity (Wildman–Crippen MR) is 113 cm³/mol. The maximum atomic E-state index is 12.6. The first-order valence-corrected chi connectivity index (χ1v) is 10.0. The Kier molecular flexibility index (Phi) is 8.34. The molecule has 6 nitrogen and oxygen atoms in total. The first-order chi connectivity index (χ1) is 12.9. The Morgan fingerprint density at radius 3 is 2.68 bits per heavy atom. The molecule has 1 aliphatic carbocycles. The second-order valence-electron chi connectivity index (χ2n) is 6.95. The molecule has 1 saturated carbocycles. The molecule has 0 spiro atoms. The van der Waals surface area contributed by atoms with Gasteiger partial charge in [-0.15, -0.1) is 35.3 Å². The van der Waals surface area contributed by atoms with Gasteiger partial charge in [0, 0.05) is 37.5 Å². The number of aliphatic imine (C=N–C) groups is 1. The lowest BCUT2D eigenvalue weighted by atomic mass is 10.1. The van der Waals surface area contributed by atoms with Crippen molar-refractivity contribution in [1.29, 1.82) is 0 Å². The first-order valence-electron chi connectivity index (χ1n) is 9.14. The van der Waals surface area contributed by atoms with Crippen LogP contribution in [-0.2, 0) is 17.5 Å². The topological polar surface area (TPSA) is 69.6 Å². The molecular weight excluding hydrogens is 506 g/mol. The summed E-state index contributed by atoms with van der Waals surface area (Å²) in [7, 11) is 1.61. The summed E-state index contributed by atoms with van der Waals surface area (Å²) in [6.07, 6.45) is 0.655. The van der Waals surface area contributed by atoms with Crippen LogP contribution in [0.15, 0.2) is 10.4 Å². The third kappa shape index (κ3) is 5.94. The van der Waals surface area contributed by atoms with Crippen molar-refractivity contribution in [2.75, 3.05) is 20.1 Å². The number of guanidine groups is 1. The summed E-state index contributed by atoms with van der Waals surface area (Å²) in [5.41, 5.74) is -0.871. The van der Waals surface area contributed by atoms with Crippen molar-refractivity contribution in [3.63, 3.8) is 0 Å². The monoisotopic (exact) mass is 531 g/mol. The van der Waals surface area contributed by atoms with Crippen LogP contribution in [0.4, 0.5) is 13.2 Å². The van der Waals surface area contributed by atoms with Gasteiger partial charge in [0.15, 0.2) is 11.7 Å². The van der Waals surface area contributed by atoms with Crippen molar-refractivity contribution in [3.8, 4) is 0 Å². The Labute approximate surface area is 183 Å². The molecule has 1 amide bonds. The van der Waals surface area contributed by atoms with Gasteiger partial charge in [-0.2, -0.15) is 13.2 Å². The fourth-order valence-electron chi connectivity index (χ4n) is 3.58. The SMILES string of the molecule is CN=C(NCc1nc(C(F)(F)F)cs1)NC1CCN(C(=O)C2CCCC2)C1.I. The molecule has 3 rings (SSSR count). The van der Waals surface area contributed by atoms with Crippen molar-refractivity contribution < 1.29 is 18.0 Å². The minimum absolute atomic E-state index is 0. The van der Waals surface area contributed by atoms with Crippen LogP contribution in [0.1, 0.15) is 42.8 Å². The highest BCUT2D eigenvalue weighted by Gasteiger charge is 2.34. The van der Waals surface area contributed by atoms with Crippen LogP contribution in [0, 0.1) is 5.92 Å². The lowest BCUT2D eigenvalue weighted by Gasteiger charge is -2.21. The molecule has 0 aromatic carbocycles. The molecule has 1 aliphatic heterocycles. The van der Waals surface area contributed by atoms with Crippen LogP contribution < -0.4 is 10.6 Å². The second-order valence-corrected chi connectivity index (χ2v) is 7.89. The zero-order chi connectivity index (χ0) is 19.4. The molecule has 1 atom stereocenters. The minimum atomic E-state index is -4.42. The summed E-state index contributed by atoms with van der Waals surface area (Å²) in [6, 6.07) is 0.0867. The van der Waals surface area contributed by atoms with E-state index in [0.717, 1.165) is 55.4 Å². The first kappa shape index (κ1) is 23.2. The van der Waals surface area contributed by atoms with Crippen LogP contribution in [0.3, 0.4) is 0 Å². The van der Waals surface area contributed by atoms with Gasteiger partial charge in [-0.3, -0.25) is 9.79 Å². The maximum Gasteiger partial charge on any atom is 0.434 e. The summed E-state index contributed by atoms with van der Waals surface area (Å²) in [5, 5.41) is 7.59. The third-order valence-electron chi connectivity index (χ3n) is 5.02. The molecular formula is C17H25F3IN5OS. The van der Waals surface area contributed by atoms with Gasteiger partial charge in [0.05, 0.1) is 6.54 Å². The molecule has 0 bridgehead atoms. The van der Waals surface area contributed by atoms with Crippen molar-refractivity contribution in [3.05, 3.63) is 16.1 Å². The highest BCUT2D eigenvalue weighted by atomic mass is 127. The average molecular weight is 531 g/mol. The summed E-state index contributed by atoms with van der Waals surface area (Å²) in [5.74, 6) is 0.926. The summed E-state index contributed by atoms with van der Waals surface area (Å²) in [4.78, 5) is 22.1. The summed E-state index contributed by atoms with van der Waals surface area (Å²) in [6.45, 7) is 1.52. The van der Waals surface area contributed by atoms with Crippen LogP contribution >= 0.6 is 35.3 Å². The largest absolute Gasteiger partial charge is 0.434 e. The normalized spacial score (nSPS) is 20.9. The van der Waals surface area contributed by atoms with E-state index in [4.69, 9.17) is 0 Å². The zero-order valence-corrected chi connectivity index (χ0v) is 18.7. The molecule has 2 fully saturated rings. The Morgan fingerprint density at radius 1 is 1.36 bits per heavy atom. The van der Waals surface area contributed by atoms with E-state index in [1.165, 1.54) is 0 Å². The number of aromatic nitrogens is 1. The average Bonchev–Trinajstić information content (AvgIpc) is 3.39. The molecule has 2 heterocycles. The highest BCUT2D eigenvalue weighted by Crippen LogP contribution is 2.30. The number of carbonyl (C=O) groups excluding carboxylic acids is 1. The smallest absolute Gasteiger partial charge is 0.352 e. The molecule has 1 unspecified atom stereocenters. The molecule has 28 heavy (non-hydrogen) atoms. The van der Waals surface area contributed by atoms with Gasteiger partial charge in [0.2, 0.25) is 5.91 Å². The van der Waals surface area contributed by atoms with E-state index in [1.54, 1.807) is 7.05 Å². The Bertz CT molecular complexity index is 691. The molecule has 2 N–H and O–H groups in total. The fourth-order valence-corrected chi connectivity index (χ4v) is 4.32. The van der Waals surface area contributed by atoms with Crippen molar-refractivity contribution >= 4 is 47.2 Å². The number of hydrogen-bond donors (Lipinski definition) is 2. The van der Waals surface area contributed by atoms with E-state index in [-0.39, 0.29) is 48.4 Å². The number of likely N-dealkylation sites (tertiary alicyclic amines) is 1. The standard InChI is InChI=1S/C17H24F3N5OS.HI/c1-21-16(22-8-14-24-13(10-27-14)17(18,19)20)23-12-6-7-25(9-12)15(26)11-4-2-3-5-11;/h10-12H,2-9H2,1H3,(H2,21,22,23);1H. The maximum absolute atomic E-state index is 12.6. The van der Waals surface area contributed by atoms with Crippen LogP contribution in [0.2, 0.25) is 0 Å². The van der Waals surface area contributed by atoms with Crippen LogP contribution in [0.25, 0.3) is 0 Å². The number of hydrogen-bond acceptors (Lipinski definition) is 4. The van der Waals surface area contributed by atoms with E-state index in [9.17, 15) is 18.0 Å². The lowest BCUT2D eigenvalue weighted by Crippen LogP contribution is -2.45. The fraction of sp³-hybridized carbons (Fsp3) is 0.706. The molecule has 2 aliphatic rings. The Morgan fingerprint density at radius 2 is 2.07 bits per heavy atom. The highest BCUT2D eigenvalue weighted by molar-refractivity contribution is 14.0. The Balaban J connectivity index is 0.00000280. The molecule has 1 saturated heterocycles. The number of nitrogens with one attached hydrogen (secondary N) is 2. The van der Waals surface area contributed by atoms with Gasteiger partial charge in [-0.1, -0.05) is 12.8 Å². The second kappa shape index (κ2) is 10.1. The van der Waals surface area contributed by atoms with E-state index < -0.39 is 11.9 Å². The zero-order valence-electron chi connectivity index (χ0n) is 15.6. The summed E-state index contributed by atoms with van der Waals surface area (Å²) >= 11 is 0.961. The van der Waals surface area contributed by atoms with E-state index >= 15 is 0 Å². The number of halogens is 4. The van der Waals surface area contributed by atoms with Gasteiger partial charge in [-0.25, -0.2) is 4.98 Å². The van der Waals surface area contributed by atoms with Crippen LogP contribution in [-0.4, -0.2) is 47.9 Å². The summed E-state index contributed by atoms with van der Waals surface area (Å²) < 4.78 is 37.8. The van der Waals surface area contributed by atoms with E-state index in [1.807, 2.05) is 4.90 Å². The minimum Gasteiger partial charge on any atom is -0.352 e. The van der Waals surface area contributed by atoms with Crippen molar-refractivity contribution in [2.24, 2.45) is 10.9 Å². The third-order valence-corrected chi connectivity index (χ3v) is 5.87. The molecule has 11 heteroatoms. The molecule has 0 radical (unpaired) electrons. The van der Waals surface area contributed by atoms with Gasteiger partial charge in [0.1, 0.15) is 5.01 Å². The quantitative estimate of drug-likeness (QED) is 0.356. The molecule has 1 aromatic heterocycles. The van der Waals surface area contributed by atoms with E-state index in [0.29, 0.717) is 17.5 Å². The van der Waals surface area contributed by atoms with Crippen molar-refractivity contribution in [2.45, 2.75) is 50.9 Å². The van der Waals surface area contributed by atoms with Gasteiger partial charge < -0.3 is 15.5 Å². The van der Waals surface area contributed by atoms with Crippen LogP contribution in [0.5, 0.6) is 0 Å². The number of carbonyl (C=O) groups is 1. The van der Waals surface area contributed by atoms with Gasteiger partial charge >= 0.3 is 6.18 Å². The molecule has 1 aromatic rings. The predicted octanol–water partition coefficient (Wildman–Crippen LogP) is 3.24. The van der Waals surface area contributed by atoms with Gasteiger partial charge in [-0.05, 0) is 19.3 Å². The number of alkyl halides is 3. The number of amides is 1. The van der Waals surface area contributed by atoms with Gasteiger partial charge in [0.25, 0.3) is 0 Å². The van der Waals surface area contributed by atoms with E-state index in [2.05, 4.69) is 20.6 Å². The lowest BCUT2D eigenvalue weighted by molar-refractivity contribution is -0.140.